The molecule has 0 amide bonds. The molecule has 0 spiro atoms. The Labute approximate surface area is 92.7 Å². The summed E-state index contributed by atoms with van der Waals surface area (Å²) in [6, 6.07) is 0. The Balaban J connectivity index is 2.05. The number of ketones is 1. The summed E-state index contributed by atoms with van der Waals surface area (Å²) in [5.41, 5.74) is 0. The van der Waals surface area contributed by atoms with E-state index < -0.39 is 0 Å². The van der Waals surface area contributed by atoms with E-state index in [4.69, 9.17) is 4.74 Å². The van der Waals surface area contributed by atoms with Gasteiger partial charge in [0.25, 0.3) is 0 Å². The molecule has 0 aromatic carbocycles. The third-order valence-corrected chi connectivity index (χ3v) is 2.99. The summed E-state index contributed by atoms with van der Waals surface area (Å²) in [6.45, 7) is 6.37. The van der Waals surface area contributed by atoms with Crippen LogP contribution in [0.25, 0.3) is 0 Å². The molecule has 1 aliphatic heterocycles. The van der Waals surface area contributed by atoms with Crippen LogP contribution in [-0.2, 0) is 9.53 Å². The lowest BCUT2D eigenvalue weighted by atomic mass is 9.96. The zero-order valence-electron chi connectivity index (χ0n) is 9.71. The SMILES string of the molecule is C=CCCCCCC(=O)C1COC(C)C1. The van der Waals surface area contributed by atoms with Crippen molar-refractivity contribution in [3.8, 4) is 0 Å². The van der Waals surface area contributed by atoms with Crippen molar-refractivity contribution in [3.05, 3.63) is 12.7 Å². The van der Waals surface area contributed by atoms with Crippen LogP contribution in [0.3, 0.4) is 0 Å². The van der Waals surface area contributed by atoms with E-state index in [0.717, 1.165) is 38.5 Å². The van der Waals surface area contributed by atoms with Crippen molar-refractivity contribution in [1.29, 1.82) is 0 Å². The molecular weight excluding hydrogens is 188 g/mol. The molecule has 2 heteroatoms. The number of allylic oxidation sites excluding steroid dienone is 1. The molecule has 2 atom stereocenters. The van der Waals surface area contributed by atoms with Gasteiger partial charge in [0.05, 0.1) is 12.7 Å². The molecule has 1 rings (SSSR count). The Morgan fingerprint density at radius 3 is 2.87 bits per heavy atom. The Bertz CT molecular complexity index is 211. The number of unbranched alkanes of at least 4 members (excludes halogenated alkanes) is 3. The minimum absolute atomic E-state index is 0.180. The predicted octanol–water partition coefficient (Wildman–Crippen LogP) is 3.12. The fourth-order valence-electron chi connectivity index (χ4n) is 2.01. The first-order valence-electron chi connectivity index (χ1n) is 5.99. The topological polar surface area (TPSA) is 26.3 Å². The number of rotatable bonds is 7. The Kier molecular flexibility index (Phi) is 5.62. The molecule has 0 aromatic heterocycles. The number of Topliss-reactive ketones (excluding diaryl/α,β-unsaturated/α-hetero) is 1. The van der Waals surface area contributed by atoms with Gasteiger partial charge in [0.2, 0.25) is 0 Å². The van der Waals surface area contributed by atoms with E-state index in [1.807, 2.05) is 13.0 Å². The van der Waals surface area contributed by atoms with E-state index in [1.54, 1.807) is 0 Å². The summed E-state index contributed by atoms with van der Waals surface area (Å²) < 4.78 is 5.40. The monoisotopic (exact) mass is 210 g/mol. The maximum Gasteiger partial charge on any atom is 0.138 e. The van der Waals surface area contributed by atoms with Gasteiger partial charge >= 0.3 is 0 Å². The lowest BCUT2D eigenvalue weighted by Crippen LogP contribution is -2.14. The van der Waals surface area contributed by atoms with Crippen molar-refractivity contribution in [3.63, 3.8) is 0 Å². The van der Waals surface area contributed by atoms with E-state index in [9.17, 15) is 4.79 Å². The van der Waals surface area contributed by atoms with Crippen LogP contribution in [0.2, 0.25) is 0 Å². The van der Waals surface area contributed by atoms with Crippen LogP contribution in [0.1, 0.15) is 45.4 Å². The fourth-order valence-corrected chi connectivity index (χ4v) is 2.01. The van der Waals surface area contributed by atoms with Crippen molar-refractivity contribution in [2.24, 2.45) is 5.92 Å². The number of carbonyl (C=O) groups is 1. The smallest absolute Gasteiger partial charge is 0.138 e. The molecule has 0 aromatic rings. The summed E-state index contributed by atoms with van der Waals surface area (Å²) in [5, 5.41) is 0. The van der Waals surface area contributed by atoms with Crippen LogP contribution in [-0.4, -0.2) is 18.5 Å². The maximum absolute atomic E-state index is 11.7. The zero-order valence-corrected chi connectivity index (χ0v) is 9.71. The molecule has 0 saturated carbocycles. The number of hydrogen-bond donors (Lipinski definition) is 0. The Morgan fingerprint density at radius 2 is 2.27 bits per heavy atom. The van der Waals surface area contributed by atoms with E-state index in [-0.39, 0.29) is 12.0 Å². The van der Waals surface area contributed by atoms with Gasteiger partial charge in [-0.3, -0.25) is 4.79 Å². The quantitative estimate of drug-likeness (QED) is 0.476. The number of ether oxygens (including phenoxy) is 1. The fraction of sp³-hybridized carbons (Fsp3) is 0.769. The second-order valence-electron chi connectivity index (χ2n) is 4.43. The minimum atomic E-state index is 0.180. The van der Waals surface area contributed by atoms with Gasteiger partial charge in [-0.1, -0.05) is 12.5 Å². The number of carbonyl (C=O) groups excluding carboxylic acids is 1. The predicted molar refractivity (Wildman–Crippen MR) is 61.8 cm³/mol. The molecule has 86 valence electrons. The molecule has 0 aliphatic carbocycles. The van der Waals surface area contributed by atoms with Crippen molar-refractivity contribution in [2.45, 2.75) is 51.6 Å². The highest BCUT2D eigenvalue weighted by atomic mass is 16.5. The van der Waals surface area contributed by atoms with Crippen molar-refractivity contribution < 1.29 is 9.53 Å². The van der Waals surface area contributed by atoms with E-state index in [1.165, 1.54) is 0 Å². The van der Waals surface area contributed by atoms with Gasteiger partial charge in [0, 0.05) is 12.3 Å². The Hall–Kier alpha value is -0.630. The third-order valence-electron chi connectivity index (χ3n) is 2.99. The average Bonchev–Trinajstić information content (AvgIpc) is 2.64. The van der Waals surface area contributed by atoms with E-state index in [0.29, 0.717) is 12.4 Å². The molecule has 1 heterocycles. The molecular formula is C13H22O2. The van der Waals surface area contributed by atoms with Crippen molar-refractivity contribution in [2.75, 3.05) is 6.61 Å². The first-order valence-corrected chi connectivity index (χ1v) is 5.99. The highest BCUT2D eigenvalue weighted by molar-refractivity contribution is 5.81. The first kappa shape index (κ1) is 12.4. The van der Waals surface area contributed by atoms with Gasteiger partial charge in [-0.15, -0.1) is 6.58 Å². The van der Waals surface area contributed by atoms with Crippen molar-refractivity contribution in [1.82, 2.24) is 0 Å². The van der Waals surface area contributed by atoms with Gasteiger partial charge in [0.15, 0.2) is 0 Å². The minimum Gasteiger partial charge on any atom is -0.378 e. The first-order chi connectivity index (χ1) is 7.24. The van der Waals surface area contributed by atoms with Gasteiger partial charge in [-0.2, -0.15) is 0 Å². The van der Waals surface area contributed by atoms with Crippen LogP contribution in [0.5, 0.6) is 0 Å². The van der Waals surface area contributed by atoms with E-state index >= 15 is 0 Å². The van der Waals surface area contributed by atoms with Gasteiger partial charge in [-0.25, -0.2) is 0 Å². The molecule has 0 bridgehead atoms. The molecule has 1 saturated heterocycles. The normalized spacial score (nSPS) is 25.4. The largest absolute Gasteiger partial charge is 0.378 e. The standard InChI is InChI=1S/C13H22O2/c1-3-4-5-6-7-8-13(14)12-9-11(2)15-10-12/h3,11-12H,1,4-10H2,2H3. The van der Waals surface area contributed by atoms with Crippen LogP contribution in [0, 0.1) is 5.92 Å². The van der Waals surface area contributed by atoms with Crippen LogP contribution < -0.4 is 0 Å². The Morgan fingerprint density at radius 1 is 1.47 bits per heavy atom. The van der Waals surface area contributed by atoms with Crippen LogP contribution in [0.4, 0.5) is 0 Å². The summed E-state index contributed by atoms with van der Waals surface area (Å²) in [4.78, 5) is 11.7. The zero-order chi connectivity index (χ0) is 11.1. The summed E-state index contributed by atoms with van der Waals surface area (Å²) in [5.74, 6) is 0.581. The van der Waals surface area contributed by atoms with Crippen LogP contribution >= 0.6 is 0 Å². The summed E-state index contributed by atoms with van der Waals surface area (Å²) >= 11 is 0. The highest BCUT2D eigenvalue weighted by Gasteiger charge is 2.27. The second-order valence-corrected chi connectivity index (χ2v) is 4.43. The summed E-state index contributed by atoms with van der Waals surface area (Å²) in [7, 11) is 0. The summed E-state index contributed by atoms with van der Waals surface area (Å²) in [6.07, 6.45) is 8.27. The molecule has 1 aliphatic rings. The molecule has 2 unspecified atom stereocenters. The third kappa shape index (κ3) is 4.61. The molecule has 0 N–H and O–H groups in total. The lowest BCUT2D eigenvalue weighted by Gasteiger charge is -2.05. The van der Waals surface area contributed by atoms with Crippen LogP contribution in [0.15, 0.2) is 12.7 Å². The highest BCUT2D eigenvalue weighted by Crippen LogP contribution is 2.21. The lowest BCUT2D eigenvalue weighted by molar-refractivity contribution is -0.122. The van der Waals surface area contributed by atoms with Crippen molar-refractivity contribution >= 4 is 5.78 Å². The maximum atomic E-state index is 11.7. The average molecular weight is 210 g/mol. The molecule has 15 heavy (non-hydrogen) atoms. The van der Waals surface area contributed by atoms with Gasteiger partial charge < -0.3 is 4.74 Å². The van der Waals surface area contributed by atoms with Gasteiger partial charge in [0.1, 0.15) is 5.78 Å². The molecule has 1 fully saturated rings. The second kappa shape index (κ2) is 6.78. The number of hydrogen-bond acceptors (Lipinski definition) is 2. The molecule has 2 nitrogen and oxygen atoms in total. The molecule has 0 radical (unpaired) electrons. The van der Waals surface area contributed by atoms with Gasteiger partial charge in [-0.05, 0) is 32.6 Å². The van der Waals surface area contributed by atoms with E-state index in [2.05, 4.69) is 6.58 Å².